The summed E-state index contributed by atoms with van der Waals surface area (Å²) in [5.41, 5.74) is 1.05. The van der Waals surface area contributed by atoms with Gasteiger partial charge in [-0.1, -0.05) is 25.5 Å². The van der Waals surface area contributed by atoms with Gasteiger partial charge in [-0.15, -0.1) is 0 Å². The normalized spacial score (nSPS) is 9.47. The number of carbonyl (C=O) groups is 2. The lowest BCUT2D eigenvalue weighted by atomic mass is 10.2. The van der Waals surface area contributed by atoms with E-state index >= 15 is 0 Å². The van der Waals surface area contributed by atoms with E-state index in [0.717, 1.165) is 12.8 Å². The Morgan fingerprint density at radius 2 is 2.06 bits per heavy atom. The molecule has 2 N–H and O–H groups in total. The fourth-order valence-corrected chi connectivity index (χ4v) is 1.24. The molecular formula is C12H16N2O3. The third-order valence-electron chi connectivity index (χ3n) is 2.11. The molecule has 0 saturated carbocycles. The number of unbranched alkanes of at least 4 members (excludes halogenated alkanes) is 1. The average Bonchev–Trinajstić information content (AvgIpc) is 2.32. The molecule has 0 saturated heterocycles. The third kappa shape index (κ3) is 4.55. The summed E-state index contributed by atoms with van der Waals surface area (Å²) >= 11 is 0. The first kappa shape index (κ1) is 13.0. The Labute approximate surface area is 100 Å². The quantitative estimate of drug-likeness (QED) is 0.589. The van der Waals surface area contributed by atoms with E-state index in [4.69, 9.17) is 4.74 Å². The fraction of sp³-hybridized carbons (Fsp3) is 0.333. The summed E-state index contributed by atoms with van der Waals surface area (Å²) in [6.07, 6.45) is 1.85. The van der Waals surface area contributed by atoms with Gasteiger partial charge in [-0.3, -0.25) is 10.1 Å². The molecule has 0 bridgehead atoms. The van der Waals surface area contributed by atoms with Gasteiger partial charge in [-0.05, 0) is 18.6 Å². The van der Waals surface area contributed by atoms with E-state index in [0.29, 0.717) is 24.4 Å². The molecule has 0 fully saturated rings. The minimum Gasteiger partial charge on any atom is -0.449 e. The number of anilines is 2. The zero-order valence-corrected chi connectivity index (χ0v) is 9.73. The van der Waals surface area contributed by atoms with Gasteiger partial charge in [0, 0.05) is 0 Å². The van der Waals surface area contributed by atoms with Gasteiger partial charge >= 0.3 is 6.09 Å². The maximum atomic E-state index is 11.4. The molecule has 0 unspecified atom stereocenters. The molecular weight excluding hydrogens is 220 g/mol. The van der Waals surface area contributed by atoms with Crippen molar-refractivity contribution in [3.63, 3.8) is 0 Å². The molecule has 0 aliphatic heterocycles. The summed E-state index contributed by atoms with van der Waals surface area (Å²) < 4.78 is 4.95. The van der Waals surface area contributed by atoms with Crippen LogP contribution >= 0.6 is 0 Å². The Kier molecular flexibility index (Phi) is 5.57. The summed E-state index contributed by atoms with van der Waals surface area (Å²) in [4.78, 5) is 21.8. The second kappa shape index (κ2) is 7.27. The highest BCUT2D eigenvalue weighted by atomic mass is 16.5. The average molecular weight is 236 g/mol. The maximum absolute atomic E-state index is 11.4. The second-order valence-electron chi connectivity index (χ2n) is 3.42. The van der Waals surface area contributed by atoms with Gasteiger partial charge in [0.05, 0.1) is 18.0 Å². The first-order valence-corrected chi connectivity index (χ1v) is 5.51. The van der Waals surface area contributed by atoms with Crippen molar-refractivity contribution in [1.29, 1.82) is 0 Å². The van der Waals surface area contributed by atoms with E-state index in [1.54, 1.807) is 24.3 Å². The molecule has 5 heteroatoms. The Morgan fingerprint density at radius 3 is 2.71 bits per heavy atom. The number of carbonyl (C=O) groups excluding carboxylic acids is 2. The lowest BCUT2D eigenvalue weighted by Gasteiger charge is -2.10. The summed E-state index contributed by atoms with van der Waals surface area (Å²) in [6.45, 7) is 2.41. The van der Waals surface area contributed by atoms with Crippen LogP contribution in [0.15, 0.2) is 24.3 Å². The highest BCUT2D eigenvalue weighted by molar-refractivity contribution is 5.91. The summed E-state index contributed by atoms with van der Waals surface area (Å²) in [5, 5.41) is 5.07. The smallest absolute Gasteiger partial charge is 0.411 e. The van der Waals surface area contributed by atoms with E-state index < -0.39 is 6.09 Å². The molecule has 5 nitrogen and oxygen atoms in total. The molecule has 0 aliphatic rings. The maximum Gasteiger partial charge on any atom is 0.411 e. The van der Waals surface area contributed by atoms with Crippen LogP contribution in [0.4, 0.5) is 16.2 Å². The molecule has 0 atom stereocenters. The first-order chi connectivity index (χ1) is 8.27. The molecule has 1 aromatic carbocycles. The van der Waals surface area contributed by atoms with E-state index in [-0.39, 0.29) is 0 Å². The Balaban J connectivity index is 2.54. The Bertz CT molecular complexity index is 380. The van der Waals surface area contributed by atoms with Crippen LogP contribution in [-0.2, 0) is 9.53 Å². The van der Waals surface area contributed by atoms with Crippen LogP contribution in [0.1, 0.15) is 19.8 Å². The summed E-state index contributed by atoms with van der Waals surface area (Å²) in [6, 6.07) is 6.90. The molecule has 92 valence electrons. The second-order valence-corrected chi connectivity index (χ2v) is 3.42. The van der Waals surface area contributed by atoms with E-state index in [2.05, 4.69) is 10.6 Å². The number of ether oxygens (including phenoxy) is 1. The Hall–Kier alpha value is -2.04. The van der Waals surface area contributed by atoms with Gasteiger partial charge in [0.2, 0.25) is 6.41 Å². The number of nitrogens with one attached hydrogen (secondary N) is 2. The van der Waals surface area contributed by atoms with Crippen molar-refractivity contribution in [3.8, 4) is 0 Å². The van der Waals surface area contributed by atoms with E-state index in [9.17, 15) is 9.59 Å². The molecule has 0 aromatic heterocycles. The highest BCUT2D eigenvalue weighted by Gasteiger charge is 2.06. The van der Waals surface area contributed by atoms with Crippen molar-refractivity contribution < 1.29 is 14.3 Å². The number of hydrogen-bond donors (Lipinski definition) is 2. The van der Waals surface area contributed by atoms with Crippen LogP contribution in [0.5, 0.6) is 0 Å². The predicted octanol–water partition coefficient (Wildman–Crippen LogP) is 2.60. The molecule has 0 heterocycles. The first-order valence-electron chi connectivity index (χ1n) is 5.51. The SMILES string of the molecule is CCCCOC(=O)Nc1ccccc1NC=O. The molecule has 1 rings (SSSR count). The summed E-state index contributed by atoms with van der Waals surface area (Å²) in [5.74, 6) is 0. The third-order valence-corrected chi connectivity index (χ3v) is 2.11. The topological polar surface area (TPSA) is 67.4 Å². The van der Waals surface area contributed by atoms with Crippen molar-refractivity contribution in [1.82, 2.24) is 0 Å². The van der Waals surface area contributed by atoms with Crippen LogP contribution < -0.4 is 10.6 Å². The summed E-state index contributed by atoms with van der Waals surface area (Å²) in [7, 11) is 0. The monoisotopic (exact) mass is 236 g/mol. The number of benzene rings is 1. The highest BCUT2D eigenvalue weighted by Crippen LogP contribution is 2.20. The van der Waals surface area contributed by atoms with Crippen molar-refractivity contribution in [3.05, 3.63) is 24.3 Å². The minimum atomic E-state index is -0.515. The minimum absolute atomic E-state index is 0.394. The molecule has 0 spiro atoms. The van der Waals surface area contributed by atoms with Gasteiger partial charge < -0.3 is 10.1 Å². The van der Waals surface area contributed by atoms with Crippen LogP contribution in [0.25, 0.3) is 0 Å². The number of rotatable bonds is 6. The van der Waals surface area contributed by atoms with Gasteiger partial charge in [0.15, 0.2) is 0 Å². The number of amides is 2. The fourth-order valence-electron chi connectivity index (χ4n) is 1.24. The van der Waals surface area contributed by atoms with Crippen LogP contribution in [-0.4, -0.2) is 19.1 Å². The van der Waals surface area contributed by atoms with Crippen LogP contribution in [0.2, 0.25) is 0 Å². The zero-order valence-electron chi connectivity index (χ0n) is 9.73. The van der Waals surface area contributed by atoms with Crippen molar-refractivity contribution >= 4 is 23.9 Å². The number of hydrogen-bond acceptors (Lipinski definition) is 3. The van der Waals surface area contributed by atoms with Crippen molar-refractivity contribution in [2.75, 3.05) is 17.2 Å². The molecule has 17 heavy (non-hydrogen) atoms. The molecule has 1 aromatic rings. The van der Waals surface area contributed by atoms with Gasteiger partial charge in [-0.2, -0.15) is 0 Å². The van der Waals surface area contributed by atoms with E-state index in [1.807, 2.05) is 6.92 Å². The van der Waals surface area contributed by atoms with Crippen LogP contribution in [0.3, 0.4) is 0 Å². The lowest BCUT2D eigenvalue weighted by Crippen LogP contribution is -2.15. The van der Waals surface area contributed by atoms with Crippen LogP contribution in [0, 0.1) is 0 Å². The molecule has 2 amide bonds. The van der Waals surface area contributed by atoms with E-state index in [1.165, 1.54) is 0 Å². The Morgan fingerprint density at radius 1 is 1.35 bits per heavy atom. The van der Waals surface area contributed by atoms with Gasteiger partial charge in [0.25, 0.3) is 0 Å². The standard InChI is InChI=1S/C12H16N2O3/c1-2-3-8-17-12(16)14-11-7-5-4-6-10(11)13-9-15/h4-7,9H,2-3,8H2,1H3,(H,13,15)(H,14,16). The predicted molar refractivity (Wildman–Crippen MR) is 66.0 cm³/mol. The lowest BCUT2D eigenvalue weighted by molar-refractivity contribution is -0.105. The number of para-hydroxylation sites is 2. The molecule has 0 radical (unpaired) electrons. The van der Waals surface area contributed by atoms with Gasteiger partial charge in [-0.25, -0.2) is 4.79 Å². The van der Waals surface area contributed by atoms with Crippen molar-refractivity contribution in [2.24, 2.45) is 0 Å². The van der Waals surface area contributed by atoms with Crippen molar-refractivity contribution in [2.45, 2.75) is 19.8 Å². The largest absolute Gasteiger partial charge is 0.449 e. The molecule has 0 aliphatic carbocycles. The zero-order chi connectivity index (χ0) is 12.5. The van der Waals surface area contributed by atoms with Gasteiger partial charge in [0.1, 0.15) is 0 Å².